The van der Waals surface area contributed by atoms with Gasteiger partial charge in [0.25, 0.3) is 0 Å². The number of likely N-dealkylation sites (tertiary alicyclic amines) is 1. The number of aromatic nitrogens is 7. The van der Waals surface area contributed by atoms with E-state index in [-0.39, 0.29) is 68.4 Å². The molecule has 2 fully saturated rings. The van der Waals surface area contributed by atoms with Gasteiger partial charge >= 0.3 is 5.97 Å². The number of aromatic carboxylic acids is 1. The number of nitrogens with one attached hydrogen (secondary N) is 3. The van der Waals surface area contributed by atoms with Crippen molar-refractivity contribution in [3.63, 3.8) is 0 Å². The molecule has 22 heteroatoms. The Kier molecular flexibility index (Phi) is 19.5. The number of fused-ring (bicyclic) bond motifs is 1. The predicted octanol–water partition coefficient (Wildman–Crippen LogP) is 10.3. The van der Waals surface area contributed by atoms with Gasteiger partial charge < -0.3 is 40.9 Å². The van der Waals surface area contributed by atoms with E-state index in [0.29, 0.717) is 58.9 Å². The fraction of sp³-hybridized carbons (Fsp3) is 0.468. The van der Waals surface area contributed by atoms with E-state index in [4.69, 9.17) is 15.1 Å². The molecule has 0 spiro atoms. The van der Waals surface area contributed by atoms with Gasteiger partial charge in [0, 0.05) is 69.3 Å². The minimum absolute atomic E-state index is 0.0361. The highest BCUT2D eigenvalue weighted by Crippen LogP contribution is 2.35. The minimum atomic E-state index is -1.19. The number of para-hydroxylation sites is 1. The number of nitrogens with zero attached hydrogens (tertiary/aromatic N) is 10. The second kappa shape index (κ2) is 26.9. The number of β-amino-alcohol motifs (C(OH)–C–C–N with tert-alkyl or cyclic N) is 1. The Morgan fingerprint density at radius 3 is 2.31 bits per heavy atom. The van der Waals surface area contributed by atoms with E-state index in [9.17, 15) is 34.2 Å². The highest BCUT2D eigenvalue weighted by molar-refractivity contribution is 7.22. The van der Waals surface area contributed by atoms with Gasteiger partial charge in [-0.3, -0.25) is 23.9 Å². The lowest BCUT2D eigenvalue weighted by atomic mass is 9.85. The first-order valence-electron chi connectivity index (χ1n) is 29.1. The number of pyridine rings is 1. The summed E-state index contributed by atoms with van der Waals surface area (Å²) in [5.74, 6) is -0.712. The van der Waals surface area contributed by atoms with Gasteiger partial charge in [0.05, 0.1) is 44.6 Å². The first-order valence-corrected chi connectivity index (χ1v) is 30.8. The van der Waals surface area contributed by atoms with Gasteiger partial charge in [0.1, 0.15) is 17.9 Å². The van der Waals surface area contributed by atoms with Crippen LogP contribution in [0, 0.1) is 32.1 Å². The molecule has 2 aromatic carbocycles. The molecule has 2 aliphatic rings. The van der Waals surface area contributed by atoms with E-state index in [1.165, 1.54) is 35.5 Å². The van der Waals surface area contributed by atoms with Gasteiger partial charge in [0.2, 0.25) is 23.6 Å². The summed E-state index contributed by atoms with van der Waals surface area (Å²) >= 11 is 3.06. The van der Waals surface area contributed by atoms with Crippen LogP contribution < -0.4 is 20.9 Å². The van der Waals surface area contributed by atoms with Crippen LogP contribution in [0.4, 0.5) is 22.6 Å². The fourth-order valence-electron chi connectivity index (χ4n) is 11.1. The molecular formula is C62H77N13O7S2. The van der Waals surface area contributed by atoms with E-state index < -0.39 is 35.5 Å². The summed E-state index contributed by atoms with van der Waals surface area (Å²) in [5.41, 5.74) is 7.48. The summed E-state index contributed by atoms with van der Waals surface area (Å²) < 4.78 is 3.00. The molecule has 84 heavy (non-hydrogen) atoms. The molecule has 1 saturated heterocycles. The van der Waals surface area contributed by atoms with Crippen LogP contribution in [0.3, 0.4) is 0 Å². The average molecular weight is 1180 g/mol. The number of carboxylic acid groups (broad SMARTS) is 1. The van der Waals surface area contributed by atoms with E-state index in [1.54, 1.807) is 46.5 Å². The number of likely N-dealkylation sites (N-methyl/N-ethyl adjacent to an activating group) is 1. The summed E-state index contributed by atoms with van der Waals surface area (Å²) in [5, 5.41) is 45.2. The van der Waals surface area contributed by atoms with E-state index >= 15 is 0 Å². The molecular weight excluding hydrogens is 1100 g/mol. The third-order valence-corrected chi connectivity index (χ3v) is 18.0. The summed E-state index contributed by atoms with van der Waals surface area (Å²) in [6, 6.07) is 18.9. The van der Waals surface area contributed by atoms with Gasteiger partial charge in [0.15, 0.2) is 22.5 Å². The van der Waals surface area contributed by atoms with Crippen LogP contribution in [0.5, 0.6) is 0 Å². The molecule has 9 rings (SSSR count). The number of aliphatic hydroxyl groups excluding tert-OH is 1. The number of thiazole rings is 2. The third-order valence-electron chi connectivity index (χ3n) is 16.1. The maximum absolute atomic E-state index is 14.3. The minimum Gasteiger partial charge on any atom is -0.476 e. The Morgan fingerprint density at radius 2 is 1.61 bits per heavy atom. The number of anilines is 4. The van der Waals surface area contributed by atoms with Crippen LogP contribution in [0.2, 0.25) is 0 Å². The second-order valence-corrected chi connectivity index (χ2v) is 25.3. The van der Waals surface area contributed by atoms with Gasteiger partial charge in [-0.2, -0.15) is 5.10 Å². The lowest BCUT2D eigenvalue weighted by molar-refractivity contribution is -0.144. The summed E-state index contributed by atoms with van der Waals surface area (Å²) in [6.07, 6.45) is 8.75. The number of unbranched alkanes of at least 4 members (excludes halogenated alkanes) is 2. The molecule has 5 aromatic heterocycles. The number of hydrogen-bond acceptors (Lipinski definition) is 16. The molecule has 0 unspecified atom stereocenters. The lowest BCUT2D eigenvalue weighted by Gasteiger charge is -2.35. The summed E-state index contributed by atoms with van der Waals surface area (Å²) in [6.45, 7) is 14.4. The molecule has 1 aliphatic carbocycles. The van der Waals surface area contributed by atoms with Crippen LogP contribution >= 0.6 is 22.7 Å². The number of aryl methyl sites for hydroxylation is 2. The second-order valence-electron chi connectivity index (χ2n) is 23.5. The molecule has 4 amide bonds. The normalized spacial score (nSPS) is 16.3. The average Bonchev–Trinajstić information content (AvgIpc) is 2.69. The van der Waals surface area contributed by atoms with Crippen molar-refractivity contribution in [1.29, 1.82) is 0 Å². The quantitative estimate of drug-likeness (QED) is 0.0374. The highest BCUT2D eigenvalue weighted by Gasteiger charge is 2.45. The van der Waals surface area contributed by atoms with Crippen molar-refractivity contribution in [1.82, 2.24) is 55.4 Å². The van der Waals surface area contributed by atoms with E-state index in [0.717, 1.165) is 62.6 Å². The van der Waals surface area contributed by atoms with Crippen molar-refractivity contribution in [2.24, 2.45) is 11.3 Å². The molecule has 0 bridgehead atoms. The molecule has 444 valence electrons. The Bertz CT molecular complexity index is 3440. The van der Waals surface area contributed by atoms with Crippen molar-refractivity contribution < 1.29 is 34.2 Å². The fourth-order valence-corrected chi connectivity index (χ4v) is 12.8. The number of rotatable bonds is 23. The van der Waals surface area contributed by atoms with Crippen LogP contribution in [0.1, 0.15) is 137 Å². The van der Waals surface area contributed by atoms with Crippen molar-refractivity contribution in [2.45, 2.75) is 150 Å². The Labute approximate surface area is 498 Å². The van der Waals surface area contributed by atoms with Gasteiger partial charge in [-0.15, -0.1) is 21.5 Å². The van der Waals surface area contributed by atoms with Crippen molar-refractivity contribution in [2.75, 3.05) is 36.9 Å². The number of amides is 4. The Morgan fingerprint density at radius 1 is 0.857 bits per heavy atom. The molecule has 1 aliphatic heterocycles. The molecule has 6 heterocycles. The Balaban J connectivity index is 0.806. The molecule has 1 saturated carbocycles. The molecule has 4 atom stereocenters. The predicted molar refractivity (Wildman–Crippen MR) is 327 cm³/mol. The van der Waals surface area contributed by atoms with Crippen LogP contribution in [0.15, 0.2) is 78.4 Å². The maximum Gasteiger partial charge on any atom is 0.355 e. The van der Waals surface area contributed by atoms with E-state index in [2.05, 4.69) is 31.1 Å². The smallest absolute Gasteiger partial charge is 0.355 e. The first kappa shape index (κ1) is 60.9. The topological polar surface area (TPSA) is 254 Å². The highest BCUT2D eigenvalue weighted by atomic mass is 32.1. The first-order chi connectivity index (χ1) is 40.2. The zero-order chi connectivity index (χ0) is 59.8. The zero-order valence-corrected chi connectivity index (χ0v) is 50.9. The monoisotopic (exact) mass is 1180 g/mol. The van der Waals surface area contributed by atoms with E-state index in [1.807, 2.05) is 113 Å². The number of benzene rings is 2. The van der Waals surface area contributed by atoms with Crippen molar-refractivity contribution in [3.05, 3.63) is 107 Å². The van der Waals surface area contributed by atoms with Crippen molar-refractivity contribution in [3.8, 4) is 21.6 Å². The standard InChI is InChI=1S/C62H77N13O7S2/c1-37-31-51(70-71-57(37)69-61-66-47-19-15-16-20-49(47)84-61)73(50-28-27-45(54(67-50)60(81)82)46-33-64-75(40(46)4)34-41-17-11-9-12-18-41)30-29-72(8)53(78)22-14-10-13-21-52(77)68-56(62(5,6)7)59(80)74-35-44(76)32-48(74)58(79)65-38(2)42-23-25-43(26-24-42)55-39(3)63-36-83-55/h15-16,19-20,23-28,31,33,36,38,41,44,48,56,76H,9-14,17-18,21-22,29-30,32,34-35H2,1-8H3,(H,65,79)(H,68,77)(H,81,82)(H,66,69,71)/t38-,44+,48-,56+/m0/s1. The largest absolute Gasteiger partial charge is 0.476 e. The van der Waals surface area contributed by atoms with Crippen molar-refractivity contribution >= 4 is 85.1 Å². The molecule has 0 radical (unpaired) electrons. The molecule has 20 nitrogen and oxygen atoms in total. The van der Waals surface area contributed by atoms with Gasteiger partial charge in [-0.25, -0.2) is 19.7 Å². The molecule has 7 aromatic rings. The number of carbonyl (C=O) groups is 5. The SMILES string of the molecule is Cc1cc(N(CCN(C)C(=O)CCCCCC(=O)N[C@H](C(=O)N2C[C@H](O)C[C@H]2C(=O)N[C@@H](C)c2ccc(-c3scnc3C)cc2)C(C)(C)C)c2ccc(-c3cnn(CC4CCCCC4)c3C)c(C(=O)O)n2)nnc1Nc1nc2ccccc2s1. The van der Waals surface area contributed by atoms with Crippen LogP contribution in [-0.2, 0) is 25.7 Å². The van der Waals surface area contributed by atoms with Crippen LogP contribution in [0.25, 0.3) is 31.8 Å². The summed E-state index contributed by atoms with van der Waals surface area (Å²) in [4.78, 5) is 88.1. The number of carboxylic acids is 1. The maximum atomic E-state index is 14.3. The number of aliphatic hydroxyl groups is 1. The van der Waals surface area contributed by atoms with Crippen LogP contribution in [-0.4, -0.2) is 129 Å². The third kappa shape index (κ3) is 14.6. The zero-order valence-electron chi connectivity index (χ0n) is 49.2. The number of hydrogen-bond donors (Lipinski definition) is 5. The van der Waals surface area contributed by atoms with Gasteiger partial charge in [-0.1, -0.05) is 94.2 Å². The lowest BCUT2D eigenvalue weighted by Crippen LogP contribution is -2.57. The number of carbonyl (C=O) groups excluding carboxylic acids is 4. The van der Waals surface area contributed by atoms with Gasteiger partial charge in [-0.05, 0) is 112 Å². The summed E-state index contributed by atoms with van der Waals surface area (Å²) in [7, 11) is 1.71. The molecule has 5 N–H and O–H groups in total. The Hall–Kier alpha value is -7.69.